The Morgan fingerprint density at radius 1 is 1.14 bits per heavy atom. The van der Waals surface area contributed by atoms with Gasteiger partial charge in [0.15, 0.2) is 0 Å². The van der Waals surface area contributed by atoms with Crippen molar-refractivity contribution in [1.29, 1.82) is 0 Å². The molecule has 0 aromatic heterocycles. The topological polar surface area (TPSA) is 67.4 Å². The number of carbonyl (C=O) groups excluding carboxylic acids is 2. The molecule has 0 aromatic carbocycles. The van der Waals surface area contributed by atoms with Gasteiger partial charge in [-0.25, -0.2) is 9.59 Å². The van der Waals surface area contributed by atoms with Crippen LogP contribution in [0.2, 0.25) is 0 Å². The number of ether oxygens (including phenoxy) is 1. The molecule has 1 aliphatic carbocycles. The third-order valence-electron chi connectivity index (χ3n) is 2.32. The molecule has 2 N–H and O–H groups in total. The van der Waals surface area contributed by atoms with Gasteiger partial charge in [-0.05, 0) is 12.8 Å². The Bertz CT molecular complexity index is 212. The van der Waals surface area contributed by atoms with E-state index in [1.807, 2.05) is 0 Å². The molecule has 80 valence electrons. The first kappa shape index (κ1) is 10.8. The van der Waals surface area contributed by atoms with Crippen molar-refractivity contribution in [2.75, 3.05) is 7.05 Å². The van der Waals surface area contributed by atoms with Gasteiger partial charge in [-0.1, -0.05) is 19.3 Å². The van der Waals surface area contributed by atoms with Crippen molar-refractivity contribution < 1.29 is 14.3 Å². The lowest BCUT2D eigenvalue weighted by Crippen LogP contribution is -2.39. The lowest BCUT2D eigenvalue weighted by atomic mass is 9.96. The van der Waals surface area contributed by atoms with Crippen LogP contribution in [0.1, 0.15) is 32.1 Å². The summed E-state index contributed by atoms with van der Waals surface area (Å²) in [4.78, 5) is 21.8. The van der Waals surface area contributed by atoms with Crippen molar-refractivity contribution in [3.63, 3.8) is 0 Å². The van der Waals surface area contributed by atoms with Crippen LogP contribution in [-0.4, -0.2) is 25.3 Å². The Morgan fingerprint density at radius 2 is 1.79 bits per heavy atom. The summed E-state index contributed by atoms with van der Waals surface area (Å²) in [6.45, 7) is 0. The van der Waals surface area contributed by atoms with Crippen LogP contribution >= 0.6 is 0 Å². The van der Waals surface area contributed by atoms with E-state index in [9.17, 15) is 9.59 Å². The molecule has 14 heavy (non-hydrogen) atoms. The molecule has 0 aromatic rings. The normalized spacial score (nSPS) is 17.2. The van der Waals surface area contributed by atoms with E-state index in [0.29, 0.717) is 0 Å². The van der Waals surface area contributed by atoms with E-state index < -0.39 is 12.2 Å². The number of amides is 2. The predicted octanol–water partition coefficient (Wildman–Crippen LogP) is 1.38. The maximum atomic E-state index is 11.1. The van der Waals surface area contributed by atoms with Crippen molar-refractivity contribution in [3.05, 3.63) is 0 Å². The molecule has 5 nitrogen and oxygen atoms in total. The van der Waals surface area contributed by atoms with Gasteiger partial charge in [-0.2, -0.15) is 0 Å². The molecular weight excluding hydrogens is 184 g/mol. The molecule has 1 saturated carbocycles. The molecule has 0 saturated heterocycles. The van der Waals surface area contributed by atoms with E-state index in [2.05, 4.69) is 15.4 Å². The van der Waals surface area contributed by atoms with Crippen LogP contribution in [0.25, 0.3) is 0 Å². The second kappa shape index (κ2) is 5.47. The smallest absolute Gasteiger partial charge is 0.359 e. The molecular formula is C9H16N2O3. The lowest BCUT2D eigenvalue weighted by Gasteiger charge is -2.21. The van der Waals surface area contributed by atoms with Crippen molar-refractivity contribution in [2.24, 2.45) is 0 Å². The van der Waals surface area contributed by atoms with Crippen LogP contribution in [0, 0.1) is 0 Å². The summed E-state index contributed by atoms with van der Waals surface area (Å²) in [5.41, 5.74) is 0. The fourth-order valence-corrected chi connectivity index (χ4v) is 1.58. The third kappa shape index (κ3) is 3.64. The van der Waals surface area contributed by atoms with Crippen LogP contribution in [0.5, 0.6) is 0 Å². The molecule has 5 heteroatoms. The second-order valence-electron chi connectivity index (χ2n) is 3.41. The highest BCUT2D eigenvalue weighted by molar-refractivity contribution is 5.83. The van der Waals surface area contributed by atoms with Gasteiger partial charge in [0.2, 0.25) is 0 Å². The standard InChI is InChI=1S/C9H16N2O3/c1-10-8(12)14-9(13)11-7-5-3-2-4-6-7/h7H,2-6H2,1H3,(H,10,12)(H,11,13). The number of hydrogen-bond acceptors (Lipinski definition) is 3. The van der Waals surface area contributed by atoms with Crippen molar-refractivity contribution >= 4 is 12.2 Å². The second-order valence-corrected chi connectivity index (χ2v) is 3.41. The average Bonchev–Trinajstić information content (AvgIpc) is 2.19. The number of hydrogen-bond donors (Lipinski definition) is 2. The molecule has 1 rings (SSSR count). The van der Waals surface area contributed by atoms with Crippen molar-refractivity contribution in [3.8, 4) is 0 Å². The van der Waals surface area contributed by atoms with Gasteiger partial charge in [0.25, 0.3) is 0 Å². The summed E-state index contributed by atoms with van der Waals surface area (Å²) in [6, 6.07) is 0.168. The number of carbonyl (C=O) groups is 2. The van der Waals surface area contributed by atoms with E-state index in [4.69, 9.17) is 0 Å². The fraction of sp³-hybridized carbons (Fsp3) is 0.778. The Labute approximate surface area is 83.2 Å². The molecule has 0 aliphatic heterocycles. The summed E-state index contributed by atoms with van der Waals surface area (Å²) in [5, 5.41) is 4.87. The van der Waals surface area contributed by atoms with Crippen LogP contribution in [-0.2, 0) is 4.74 Å². The van der Waals surface area contributed by atoms with E-state index in [-0.39, 0.29) is 6.04 Å². The highest BCUT2D eigenvalue weighted by Gasteiger charge is 2.17. The van der Waals surface area contributed by atoms with Gasteiger partial charge in [0.1, 0.15) is 0 Å². The van der Waals surface area contributed by atoms with E-state index in [1.165, 1.54) is 13.5 Å². The largest absolute Gasteiger partial charge is 0.416 e. The summed E-state index contributed by atoms with van der Waals surface area (Å²) < 4.78 is 4.40. The van der Waals surface area contributed by atoms with Crippen LogP contribution in [0.4, 0.5) is 9.59 Å². The van der Waals surface area contributed by atoms with Crippen molar-refractivity contribution in [1.82, 2.24) is 10.6 Å². The molecule has 2 amide bonds. The minimum Gasteiger partial charge on any atom is -0.359 e. The summed E-state index contributed by atoms with van der Waals surface area (Å²) in [7, 11) is 1.41. The zero-order valence-corrected chi connectivity index (χ0v) is 8.34. The quantitative estimate of drug-likeness (QED) is 0.628. The first-order valence-corrected chi connectivity index (χ1v) is 4.92. The molecule has 0 spiro atoms. The Hall–Kier alpha value is -1.26. The summed E-state index contributed by atoms with van der Waals surface area (Å²) in [6.07, 6.45) is 4.05. The molecule has 1 fully saturated rings. The van der Waals surface area contributed by atoms with Gasteiger partial charge < -0.3 is 15.4 Å². The maximum Gasteiger partial charge on any atom is 0.416 e. The Morgan fingerprint density at radius 3 is 2.36 bits per heavy atom. The van der Waals surface area contributed by atoms with Gasteiger partial charge in [0.05, 0.1) is 0 Å². The molecule has 0 unspecified atom stereocenters. The van der Waals surface area contributed by atoms with E-state index >= 15 is 0 Å². The van der Waals surface area contributed by atoms with Crippen LogP contribution in [0.15, 0.2) is 0 Å². The lowest BCUT2D eigenvalue weighted by molar-refractivity contribution is 0.147. The highest BCUT2D eigenvalue weighted by Crippen LogP contribution is 2.17. The van der Waals surface area contributed by atoms with Gasteiger partial charge >= 0.3 is 12.2 Å². The SMILES string of the molecule is CNC(=O)OC(=O)NC1CCCCC1. The fourth-order valence-electron chi connectivity index (χ4n) is 1.58. The molecule has 0 atom stereocenters. The minimum absolute atomic E-state index is 0.168. The molecule has 1 aliphatic rings. The third-order valence-corrected chi connectivity index (χ3v) is 2.32. The maximum absolute atomic E-state index is 11.1. The minimum atomic E-state index is -0.724. The van der Waals surface area contributed by atoms with Gasteiger partial charge in [-0.3, -0.25) is 0 Å². The average molecular weight is 200 g/mol. The summed E-state index contributed by atoms with van der Waals surface area (Å²) >= 11 is 0. The number of alkyl carbamates (subject to hydrolysis) is 2. The summed E-state index contributed by atoms with van der Waals surface area (Å²) in [5.74, 6) is 0. The van der Waals surface area contributed by atoms with Gasteiger partial charge in [-0.15, -0.1) is 0 Å². The van der Waals surface area contributed by atoms with Crippen molar-refractivity contribution in [2.45, 2.75) is 38.1 Å². The number of rotatable bonds is 1. The Kier molecular flexibility index (Phi) is 4.22. The molecule has 0 radical (unpaired) electrons. The zero-order chi connectivity index (χ0) is 10.4. The monoisotopic (exact) mass is 200 g/mol. The van der Waals surface area contributed by atoms with Crippen LogP contribution < -0.4 is 10.6 Å². The van der Waals surface area contributed by atoms with Crippen LogP contribution in [0.3, 0.4) is 0 Å². The Balaban J connectivity index is 2.21. The zero-order valence-electron chi connectivity index (χ0n) is 8.34. The van der Waals surface area contributed by atoms with E-state index in [1.54, 1.807) is 0 Å². The highest BCUT2D eigenvalue weighted by atomic mass is 16.6. The molecule has 0 bridgehead atoms. The predicted molar refractivity (Wildman–Crippen MR) is 50.9 cm³/mol. The number of nitrogens with one attached hydrogen (secondary N) is 2. The molecule has 0 heterocycles. The van der Waals surface area contributed by atoms with E-state index in [0.717, 1.165) is 25.7 Å². The van der Waals surface area contributed by atoms with Gasteiger partial charge in [0, 0.05) is 13.1 Å². The first-order valence-electron chi connectivity index (χ1n) is 4.92. The first-order chi connectivity index (χ1) is 6.72.